The lowest BCUT2D eigenvalue weighted by Crippen LogP contribution is -2.03. The van der Waals surface area contributed by atoms with Crippen LogP contribution in [-0.4, -0.2) is 16.1 Å². The number of hydrogen-bond donors (Lipinski definition) is 2. The number of nitrogen functional groups attached to an aromatic ring is 1. The maximum Gasteiger partial charge on any atom is 0.354 e. The first-order chi connectivity index (χ1) is 9.51. The van der Waals surface area contributed by atoms with Gasteiger partial charge in [0.05, 0.1) is 5.69 Å². The number of halogens is 1. The zero-order chi connectivity index (χ0) is 14.7. The summed E-state index contributed by atoms with van der Waals surface area (Å²) in [5, 5.41) is 9.56. The predicted octanol–water partition coefficient (Wildman–Crippen LogP) is 3.37. The zero-order valence-corrected chi connectivity index (χ0v) is 11.5. The standard InChI is InChI=1S/C14H13ClN2O3/c1-2-8-7-9(3-4-10(8)15)20-13-11(16)5-6-12(17-13)14(18)19/h3-7H,2,16H2,1H3,(H,18,19). The Bertz CT molecular complexity index is 659. The van der Waals surface area contributed by atoms with E-state index in [4.69, 9.17) is 27.2 Å². The third-order valence-corrected chi connectivity index (χ3v) is 3.09. The van der Waals surface area contributed by atoms with Crippen molar-refractivity contribution in [3.05, 3.63) is 46.6 Å². The number of aromatic nitrogens is 1. The van der Waals surface area contributed by atoms with E-state index in [0.717, 1.165) is 12.0 Å². The van der Waals surface area contributed by atoms with Crippen LogP contribution in [0.1, 0.15) is 23.0 Å². The minimum absolute atomic E-state index is 0.0641. The number of aryl methyl sites for hydroxylation is 1. The van der Waals surface area contributed by atoms with Crippen LogP contribution in [0.5, 0.6) is 11.6 Å². The van der Waals surface area contributed by atoms with Gasteiger partial charge in [-0.25, -0.2) is 9.78 Å². The first kappa shape index (κ1) is 14.1. The number of carboxylic acid groups (broad SMARTS) is 1. The average molecular weight is 293 g/mol. The minimum atomic E-state index is -1.14. The van der Waals surface area contributed by atoms with Crippen molar-refractivity contribution < 1.29 is 14.6 Å². The molecule has 2 aromatic rings. The number of benzene rings is 1. The maximum absolute atomic E-state index is 10.9. The molecule has 0 saturated carbocycles. The van der Waals surface area contributed by atoms with Crippen LogP contribution >= 0.6 is 11.6 Å². The lowest BCUT2D eigenvalue weighted by molar-refractivity contribution is 0.0689. The molecule has 0 fully saturated rings. The SMILES string of the molecule is CCc1cc(Oc2nc(C(=O)O)ccc2N)ccc1Cl. The number of hydrogen-bond acceptors (Lipinski definition) is 4. The van der Waals surface area contributed by atoms with Crippen LogP contribution in [0.15, 0.2) is 30.3 Å². The smallest absolute Gasteiger partial charge is 0.354 e. The fourth-order valence-corrected chi connectivity index (χ4v) is 1.90. The van der Waals surface area contributed by atoms with Crippen LogP contribution in [0.4, 0.5) is 5.69 Å². The Hall–Kier alpha value is -2.27. The third kappa shape index (κ3) is 3.00. The van der Waals surface area contributed by atoms with Crippen LogP contribution in [0, 0.1) is 0 Å². The van der Waals surface area contributed by atoms with Gasteiger partial charge in [0.25, 0.3) is 0 Å². The summed E-state index contributed by atoms with van der Waals surface area (Å²) in [4.78, 5) is 14.8. The maximum atomic E-state index is 10.9. The lowest BCUT2D eigenvalue weighted by atomic mass is 10.1. The molecule has 0 unspecified atom stereocenters. The third-order valence-electron chi connectivity index (χ3n) is 2.72. The fraction of sp³-hybridized carbons (Fsp3) is 0.143. The molecule has 0 saturated heterocycles. The molecule has 0 radical (unpaired) electrons. The van der Waals surface area contributed by atoms with E-state index >= 15 is 0 Å². The first-order valence-electron chi connectivity index (χ1n) is 5.97. The Labute approximate surface area is 121 Å². The van der Waals surface area contributed by atoms with E-state index in [-0.39, 0.29) is 17.3 Å². The fourth-order valence-electron chi connectivity index (χ4n) is 1.65. The molecule has 1 heterocycles. The van der Waals surface area contributed by atoms with E-state index in [1.807, 2.05) is 6.92 Å². The van der Waals surface area contributed by atoms with Crippen molar-refractivity contribution in [2.24, 2.45) is 0 Å². The second kappa shape index (κ2) is 5.79. The lowest BCUT2D eigenvalue weighted by Gasteiger charge is -2.10. The highest BCUT2D eigenvalue weighted by atomic mass is 35.5. The Morgan fingerprint density at radius 1 is 1.40 bits per heavy atom. The molecule has 20 heavy (non-hydrogen) atoms. The molecule has 104 valence electrons. The molecular weight excluding hydrogens is 280 g/mol. The van der Waals surface area contributed by atoms with Crippen molar-refractivity contribution >= 4 is 23.3 Å². The highest BCUT2D eigenvalue weighted by Gasteiger charge is 2.11. The van der Waals surface area contributed by atoms with Gasteiger partial charge in [-0.2, -0.15) is 0 Å². The minimum Gasteiger partial charge on any atom is -0.477 e. The number of carbonyl (C=O) groups is 1. The van der Waals surface area contributed by atoms with Crippen LogP contribution in [0.3, 0.4) is 0 Å². The summed E-state index contributed by atoms with van der Waals surface area (Å²) in [6.07, 6.45) is 0.758. The molecule has 1 aromatic heterocycles. The summed E-state index contributed by atoms with van der Waals surface area (Å²) in [6, 6.07) is 7.94. The van der Waals surface area contributed by atoms with E-state index < -0.39 is 5.97 Å². The van der Waals surface area contributed by atoms with Crippen LogP contribution in [0.2, 0.25) is 5.02 Å². The molecule has 0 atom stereocenters. The van der Waals surface area contributed by atoms with Gasteiger partial charge < -0.3 is 15.6 Å². The number of rotatable bonds is 4. The Balaban J connectivity index is 2.34. The molecule has 0 aliphatic rings. The number of nitrogens with zero attached hydrogens (tertiary/aromatic N) is 1. The second-order valence-corrected chi connectivity index (χ2v) is 4.51. The van der Waals surface area contributed by atoms with Crippen molar-refractivity contribution in [2.45, 2.75) is 13.3 Å². The molecule has 3 N–H and O–H groups in total. The van der Waals surface area contributed by atoms with Crippen LogP contribution in [0.25, 0.3) is 0 Å². The van der Waals surface area contributed by atoms with Crippen molar-refractivity contribution in [1.29, 1.82) is 0 Å². The molecule has 2 rings (SSSR count). The molecule has 0 aliphatic carbocycles. The van der Waals surface area contributed by atoms with Crippen molar-refractivity contribution in [3.63, 3.8) is 0 Å². The van der Waals surface area contributed by atoms with Gasteiger partial charge in [-0.15, -0.1) is 0 Å². The number of nitrogens with two attached hydrogens (primary N) is 1. The summed E-state index contributed by atoms with van der Waals surface area (Å²) < 4.78 is 5.54. The normalized spacial score (nSPS) is 10.3. The molecule has 6 heteroatoms. The van der Waals surface area contributed by atoms with E-state index in [2.05, 4.69) is 4.98 Å². The Kier molecular flexibility index (Phi) is 4.10. The summed E-state index contributed by atoms with van der Waals surface area (Å²) in [6.45, 7) is 1.97. The van der Waals surface area contributed by atoms with Gasteiger partial charge in [0.1, 0.15) is 5.75 Å². The number of ether oxygens (including phenoxy) is 1. The summed E-state index contributed by atoms with van der Waals surface area (Å²) in [5.41, 5.74) is 6.80. The van der Waals surface area contributed by atoms with Gasteiger partial charge in [0.2, 0.25) is 5.88 Å². The van der Waals surface area contributed by atoms with Gasteiger partial charge in [-0.1, -0.05) is 18.5 Å². The van der Waals surface area contributed by atoms with Gasteiger partial charge in [-0.05, 0) is 42.3 Å². The number of anilines is 1. The molecular formula is C14H13ClN2O3. The van der Waals surface area contributed by atoms with Crippen molar-refractivity contribution in [1.82, 2.24) is 4.98 Å². The van der Waals surface area contributed by atoms with Crippen molar-refractivity contribution in [3.8, 4) is 11.6 Å². The summed E-state index contributed by atoms with van der Waals surface area (Å²) >= 11 is 6.02. The van der Waals surface area contributed by atoms with Crippen LogP contribution in [-0.2, 0) is 6.42 Å². The predicted molar refractivity (Wildman–Crippen MR) is 76.5 cm³/mol. The Morgan fingerprint density at radius 2 is 2.15 bits per heavy atom. The van der Waals surface area contributed by atoms with Crippen molar-refractivity contribution in [2.75, 3.05) is 5.73 Å². The molecule has 0 spiro atoms. The topological polar surface area (TPSA) is 85.4 Å². The average Bonchev–Trinajstić information content (AvgIpc) is 2.43. The van der Waals surface area contributed by atoms with E-state index in [9.17, 15) is 4.79 Å². The highest BCUT2D eigenvalue weighted by molar-refractivity contribution is 6.31. The van der Waals surface area contributed by atoms with E-state index in [0.29, 0.717) is 10.8 Å². The van der Waals surface area contributed by atoms with Gasteiger partial charge in [0, 0.05) is 5.02 Å². The van der Waals surface area contributed by atoms with Gasteiger partial charge in [0.15, 0.2) is 5.69 Å². The largest absolute Gasteiger partial charge is 0.477 e. The molecule has 0 bridgehead atoms. The molecule has 5 nitrogen and oxygen atoms in total. The zero-order valence-electron chi connectivity index (χ0n) is 10.8. The quantitative estimate of drug-likeness (QED) is 0.902. The van der Waals surface area contributed by atoms with E-state index in [1.54, 1.807) is 18.2 Å². The second-order valence-electron chi connectivity index (χ2n) is 4.10. The number of aromatic carboxylic acids is 1. The van der Waals surface area contributed by atoms with Gasteiger partial charge >= 0.3 is 5.97 Å². The van der Waals surface area contributed by atoms with Gasteiger partial charge in [-0.3, -0.25) is 0 Å². The molecule has 0 aliphatic heterocycles. The Morgan fingerprint density at radius 3 is 2.80 bits per heavy atom. The number of pyridine rings is 1. The summed E-state index contributed by atoms with van der Waals surface area (Å²) in [5.74, 6) is -0.567. The van der Waals surface area contributed by atoms with Crippen LogP contribution < -0.4 is 10.5 Å². The molecule has 0 amide bonds. The summed E-state index contributed by atoms with van der Waals surface area (Å²) in [7, 11) is 0. The monoisotopic (exact) mass is 292 g/mol. The first-order valence-corrected chi connectivity index (χ1v) is 6.35. The molecule has 1 aromatic carbocycles. The number of carboxylic acids is 1. The van der Waals surface area contributed by atoms with E-state index in [1.165, 1.54) is 12.1 Å². The highest BCUT2D eigenvalue weighted by Crippen LogP contribution is 2.28.